The summed E-state index contributed by atoms with van der Waals surface area (Å²) in [7, 11) is 0. The van der Waals surface area contributed by atoms with Crippen molar-refractivity contribution < 1.29 is 18.7 Å². The van der Waals surface area contributed by atoms with Crippen molar-refractivity contribution >= 4 is 23.4 Å². The number of amides is 2. The van der Waals surface area contributed by atoms with Gasteiger partial charge in [-0.05, 0) is 73.9 Å². The molecule has 1 saturated heterocycles. The van der Waals surface area contributed by atoms with Gasteiger partial charge in [-0.2, -0.15) is 0 Å². The van der Waals surface area contributed by atoms with E-state index < -0.39 is 0 Å². The molecular formula is C27H27ClFN3O3. The normalized spacial score (nSPS) is 14.0. The topological polar surface area (TPSA) is 71.5 Å². The van der Waals surface area contributed by atoms with Crippen LogP contribution in [0.4, 0.5) is 4.39 Å². The van der Waals surface area contributed by atoms with Crippen molar-refractivity contribution in [3.8, 4) is 5.75 Å². The third-order valence-corrected chi connectivity index (χ3v) is 6.31. The highest BCUT2D eigenvalue weighted by Crippen LogP contribution is 2.29. The molecule has 0 aliphatic carbocycles. The summed E-state index contributed by atoms with van der Waals surface area (Å²) in [6.07, 6.45) is 1.40. The molecule has 0 saturated carbocycles. The molecular weight excluding hydrogens is 469 g/mol. The van der Waals surface area contributed by atoms with Crippen molar-refractivity contribution in [3.63, 3.8) is 0 Å². The second kappa shape index (κ2) is 11.3. The highest BCUT2D eigenvalue weighted by Gasteiger charge is 2.28. The van der Waals surface area contributed by atoms with E-state index in [1.54, 1.807) is 47.4 Å². The molecule has 1 fully saturated rings. The largest absolute Gasteiger partial charge is 0.484 e. The number of pyridine rings is 1. The SMILES string of the molecule is Cc1ccc(C(=O)NCc2cccc(F)c2)c(C2CCN(C(=O)COc3ccc(Cl)cc3)CC2)n1. The van der Waals surface area contributed by atoms with Crippen molar-refractivity contribution in [1.29, 1.82) is 0 Å². The summed E-state index contributed by atoms with van der Waals surface area (Å²) in [5, 5.41) is 3.48. The van der Waals surface area contributed by atoms with E-state index in [0.29, 0.717) is 47.8 Å². The van der Waals surface area contributed by atoms with E-state index >= 15 is 0 Å². The zero-order valence-electron chi connectivity index (χ0n) is 19.5. The first-order valence-electron chi connectivity index (χ1n) is 11.6. The van der Waals surface area contributed by atoms with Gasteiger partial charge in [0.15, 0.2) is 6.61 Å². The molecule has 6 nitrogen and oxygen atoms in total. The number of ether oxygens (including phenoxy) is 1. The fourth-order valence-electron chi connectivity index (χ4n) is 4.17. The van der Waals surface area contributed by atoms with Crippen LogP contribution in [0.1, 0.15) is 46.1 Å². The first-order valence-corrected chi connectivity index (χ1v) is 11.9. The third-order valence-electron chi connectivity index (χ3n) is 6.06. The highest BCUT2D eigenvalue weighted by molar-refractivity contribution is 6.30. The lowest BCUT2D eigenvalue weighted by molar-refractivity contribution is -0.134. The van der Waals surface area contributed by atoms with Gasteiger partial charge in [0.25, 0.3) is 11.8 Å². The Kier molecular flexibility index (Phi) is 7.98. The third kappa shape index (κ3) is 6.57. The molecule has 0 bridgehead atoms. The molecule has 1 aromatic heterocycles. The first-order chi connectivity index (χ1) is 16.9. The molecule has 2 heterocycles. The van der Waals surface area contributed by atoms with Crippen LogP contribution in [0.3, 0.4) is 0 Å². The van der Waals surface area contributed by atoms with E-state index in [2.05, 4.69) is 10.3 Å². The number of likely N-dealkylation sites (tertiary alicyclic amines) is 1. The minimum absolute atomic E-state index is 0.0390. The van der Waals surface area contributed by atoms with Crippen LogP contribution >= 0.6 is 11.6 Å². The first kappa shape index (κ1) is 24.7. The van der Waals surface area contributed by atoms with Crippen LogP contribution in [0.5, 0.6) is 5.75 Å². The molecule has 0 unspecified atom stereocenters. The Morgan fingerprint density at radius 2 is 1.86 bits per heavy atom. The molecule has 8 heteroatoms. The summed E-state index contributed by atoms with van der Waals surface area (Å²) in [6, 6.07) is 16.6. The number of carbonyl (C=O) groups is 2. The Bertz CT molecular complexity index is 1190. The smallest absolute Gasteiger partial charge is 0.260 e. The van der Waals surface area contributed by atoms with Crippen LogP contribution in [0.15, 0.2) is 60.7 Å². The molecule has 0 radical (unpaired) electrons. The number of rotatable bonds is 7. The molecule has 0 atom stereocenters. The highest BCUT2D eigenvalue weighted by atomic mass is 35.5. The standard InChI is InChI=1S/C27H27ClFN3O3/c1-18-5-10-24(27(34)30-16-19-3-2-4-22(29)15-19)26(31-18)20-11-13-32(14-12-20)25(33)17-35-23-8-6-21(28)7-9-23/h2-10,15,20H,11-14,16-17H2,1H3,(H,30,34). The molecule has 0 spiro atoms. The van der Waals surface area contributed by atoms with Gasteiger partial charge in [0.2, 0.25) is 0 Å². The van der Waals surface area contributed by atoms with E-state index in [1.807, 2.05) is 13.0 Å². The molecule has 2 amide bonds. The van der Waals surface area contributed by atoms with Gasteiger partial charge >= 0.3 is 0 Å². The van der Waals surface area contributed by atoms with Crippen LogP contribution in [0, 0.1) is 12.7 Å². The maximum atomic E-state index is 13.4. The second-order valence-electron chi connectivity index (χ2n) is 8.60. The van der Waals surface area contributed by atoms with Crippen molar-refractivity contribution in [2.45, 2.75) is 32.2 Å². The van der Waals surface area contributed by atoms with Crippen molar-refractivity contribution in [3.05, 3.63) is 94.0 Å². The number of halogens is 2. The number of nitrogens with zero attached hydrogens (tertiary/aromatic N) is 2. The summed E-state index contributed by atoms with van der Waals surface area (Å²) in [4.78, 5) is 32.0. The minimum Gasteiger partial charge on any atom is -0.484 e. The van der Waals surface area contributed by atoms with Crippen LogP contribution < -0.4 is 10.1 Å². The number of hydrogen-bond donors (Lipinski definition) is 1. The van der Waals surface area contributed by atoms with Crippen LogP contribution in [0.25, 0.3) is 0 Å². The van der Waals surface area contributed by atoms with Gasteiger partial charge < -0.3 is 15.0 Å². The number of aryl methyl sites for hydroxylation is 1. The monoisotopic (exact) mass is 495 g/mol. The van der Waals surface area contributed by atoms with Gasteiger partial charge in [0, 0.05) is 36.3 Å². The maximum absolute atomic E-state index is 13.4. The summed E-state index contributed by atoms with van der Waals surface area (Å²) >= 11 is 5.88. The number of hydrogen-bond acceptors (Lipinski definition) is 4. The molecule has 35 heavy (non-hydrogen) atoms. The number of benzene rings is 2. The van der Waals surface area contributed by atoms with Gasteiger partial charge in [-0.15, -0.1) is 0 Å². The molecule has 2 aromatic carbocycles. The summed E-state index contributed by atoms with van der Waals surface area (Å²) in [5.41, 5.74) is 2.78. The Hall–Kier alpha value is -3.45. The zero-order valence-corrected chi connectivity index (χ0v) is 20.2. The molecule has 182 valence electrons. The zero-order chi connectivity index (χ0) is 24.8. The summed E-state index contributed by atoms with van der Waals surface area (Å²) < 4.78 is 19.0. The lowest BCUT2D eigenvalue weighted by atomic mass is 9.89. The van der Waals surface area contributed by atoms with Gasteiger partial charge in [-0.25, -0.2) is 4.39 Å². The lowest BCUT2D eigenvalue weighted by Crippen LogP contribution is -2.41. The molecule has 1 aliphatic rings. The molecule has 1 aliphatic heterocycles. The summed E-state index contributed by atoms with van der Waals surface area (Å²) in [6.45, 7) is 3.21. The van der Waals surface area contributed by atoms with Crippen molar-refractivity contribution in [2.75, 3.05) is 19.7 Å². The maximum Gasteiger partial charge on any atom is 0.260 e. The van der Waals surface area contributed by atoms with Crippen molar-refractivity contribution in [1.82, 2.24) is 15.2 Å². The Labute approximate surface area is 209 Å². The Morgan fingerprint density at radius 1 is 1.11 bits per heavy atom. The second-order valence-corrected chi connectivity index (χ2v) is 9.03. The van der Waals surface area contributed by atoms with Crippen LogP contribution in [-0.4, -0.2) is 41.4 Å². The number of aromatic nitrogens is 1. The van der Waals surface area contributed by atoms with Gasteiger partial charge in [0.1, 0.15) is 11.6 Å². The average Bonchev–Trinajstić information content (AvgIpc) is 2.87. The molecule has 1 N–H and O–H groups in total. The quantitative estimate of drug-likeness (QED) is 0.506. The summed E-state index contributed by atoms with van der Waals surface area (Å²) in [5.74, 6) is -0.00819. The fraction of sp³-hybridized carbons (Fsp3) is 0.296. The fourth-order valence-corrected chi connectivity index (χ4v) is 4.30. The number of piperidine rings is 1. The van der Waals surface area contributed by atoms with E-state index in [0.717, 1.165) is 11.4 Å². The predicted octanol–water partition coefficient (Wildman–Crippen LogP) is 4.90. The van der Waals surface area contributed by atoms with Gasteiger partial charge in [-0.3, -0.25) is 14.6 Å². The molecule has 4 rings (SSSR count). The van der Waals surface area contributed by atoms with Gasteiger partial charge in [0.05, 0.1) is 11.3 Å². The van der Waals surface area contributed by atoms with E-state index in [4.69, 9.17) is 16.3 Å². The van der Waals surface area contributed by atoms with E-state index in [-0.39, 0.29) is 36.7 Å². The number of nitrogens with one attached hydrogen (secondary N) is 1. The lowest BCUT2D eigenvalue weighted by Gasteiger charge is -2.32. The minimum atomic E-state index is -0.339. The Balaban J connectivity index is 1.35. The van der Waals surface area contributed by atoms with Crippen LogP contribution in [-0.2, 0) is 11.3 Å². The van der Waals surface area contributed by atoms with E-state index in [1.165, 1.54) is 12.1 Å². The van der Waals surface area contributed by atoms with Crippen molar-refractivity contribution in [2.24, 2.45) is 0 Å². The predicted molar refractivity (Wildman–Crippen MR) is 132 cm³/mol. The van der Waals surface area contributed by atoms with Gasteiger partial charge in [-0.1, -0.05) is 23.7 Å². The average molecular weight is 496 g/mol. The Morgan fingerprint density at radius 3 is 2.57 bits per heavy atom. The van der Waals surface area contributed by atoms with Crippen LogP contribution in [0.2, 0.25) is 5.02 Å². The molecule has 3 aromatic rings. The van der Waals surface area contributed by atoms with E-state index in [9.17, 15) is 14.0 Å². The number of carbonyl (C=O) groups excluding carboxylic acids is 2.